The summed E-state index contributed by atoms with van der Waals surface area (Å²) in [5.41, 5.74) is 0.318. The number of fused-ring (bicyclic) bond motifs is 5. The number of carbonyl (C=O) groups excluding carboxylic acids is 2. The Kier molecular flexibility index (Phi) is 5.74. The van der Waals surface area contributed by atoms with Crippen LogP contribution in [0.3, 0.4) is 0 Å². The van der Waals surface area contributed by atoms with Gasteiger partial charge in [-0.3, -0.25) is 14.5 Å². The molecule has 3 aromatic carbocycles. The zero-order valence-corrected chi connectivity index (χ0v) is 24.3. The van der Waals surface area contributed by atoms with Crippen molar-refractivity contribution in [1.82, 2.24) is 18.8 Å². The maximum atomic E-state index is 14.0. The molecule has 7 rings (SSSR count). The van der Waals surface area contributed by atoms with Crippen LogP contribution in [0, 0.1) is 0 Å². The Morgan fingerprint density at radius 2 is 1.56 bits per heavy atom. The molecule has 4 atom stereocenters. The van der Waals surface area contributed by atoms with E-state index in [0.717, 1.165) is 9.47 Å². The summed E-state index contributed by atoms with van der Waals surface area (Å²) in [5.74, 6) is -2.27. The molecule has 208 valence electrons. The van der Waals surface area contributed by atoms with Crippen molar-refractivity contribution in [3.63, 3.8) is 0 Å². The van der Waals surface area contributed by atoms with E-state index >= 15 is 0 Å². The number of aromatic hydroxyl groups is 1. The van der Waals surface area contributed by atoms with E-state index in [0.29, 0.717) is 27.6 Å². The fourth-order valence-corrected chi connectivity index (χ4v) is 8.11. The number of imide groups is 1. The Morgan fingerprint density at radius 3 is 2.27 bits per heavy atom. The number of halogens is 3. The lowest BCUT2D eigenvalue weighted by Crippen LogP contribution is -2.59. The van der Waals surface area contributed by atoms with E-state index in [1.807, 2.05) is 0 Å². The van der Waals surface area contributed by atoms with E-state index in [2.05, 4.69) is 15.9 Å². The van der Waals surface area contributed by atoms with Crippen LogP contribution in [0.4, 0.5) is 0 Å². The summed E-state index contributed by atoms with van der Waals surface area (Å²) in [5, 5.41) is 11.8. The van der Waals surface area contributed by atoms with Gasteiger partial charge in [0.05, 0.1) is 23.7 Å². The third-order valence-electron chi connectivity index (χ3n) is 8.54. The van der Waals surface area contributed by atoms with Crippen LogP contribution in [-0.2, 0) is 16.1 Å². The third kappa shape index (κ3) is 3.23. The average molecular weight is 656 g/mol. The second kappa shape index (κ2) is 8.95. The molecule has 0 radical (unpaired) electrons. The minimum absolute atomic E-state index is 0.0380. The maximum Gasteiger partial charge on any atom is 0.352 e. The zero-order valence-electron chi connectivity index (χ0n) is 21.2. The standard InChI is InChI=1S/C29H21BrCl2N4O5/c30-15-33-24(38)28(31)14-21-20(12-13-34-26(40)35(27(41)36(21)34)16-6-2-1-3-7-16)23(29(28,32)25(33)39)19-10-11-22(37)18-9-5-4-8-17(18)19/h1-12,21,23,37H,13-15H2. The molecule has 9 nitrogen and oxygen atoms in total. The summed E-state index contributed by atoms with van der Waals surface area (Å²) in [4.78, 5) is 52.3. The number of alkyl halides is 3. The molecular formula is C29H21BrCl2N4O5. The summed E-state index contributed by atoms with van der Waals surface area (Å²) >= 11 is 17.8. The summed E-state index contributed by atoms with van der Waals surface area (Å²) in [6.45, 7) is 0.0405. The Labute approximate surface area is 250 Å². The molecule has 3 aliphatic rings. The summed E-state index contributed by atoms with van der Waals surface area (Å²) in [7, 11) is 0. The number of likely N-dealkylation sites (tertiary alicyclic amines) is 1. The number of amides is 2. The highest BCUT2D eigenvalue weighted by Gasteiger charge is 2.75. The number of hydrogen-bond acceptors (Lipinski definition) is 5. The Balaban J connectivity index is 1.53. The molecule has 2 fully saturated rings. The van der Waals surface area contributed by atoms with Crippen LogP contribution in [0.2, 0.25) is 0 Å². The molecule has 1 saturated carbocycles. The largest absolute Gasteiger partial charge is 0.507 e. The number of para-hydroxylation sites is 1. The first kappa shape index (κ1) is 26.3. The van der Waals surface area contributed by atoms with Crippen molar-refractivity contribution in [2.45, 2.75) is 34.7 Å². The molecule has 3 heterocycles. The monoisotopic (exact) mass is 654 g/mol. The Morgan fingerprint density at radius 1 is 0.878 bits per heavy atom. The van der Waals surface area contributed by atoms with Crippen molar-refractivity contribution < 1.29 is 14.7 Å². The molecule has 1 aromatic heterocycles. The van der Waals surface area contributed by atoms with Crippen LogP contribution in [0.5, 0.6) is 5.75 Å². The number of phenolic OH excluding ortho intramolecular Hbond substituents is 1. The molecule has 0 spiro atoms. The minimum atomic E-state index is -1.95. The second-order valence-corrected chi connectivity index (χ2v) is 12.2. The van der Waals surface area contributed by atoms with Gasteiger partial charge in [-0.25, -0.2) is 23.5 Å². The highest BCUT2D eigenvalue weighted by Crippen LogP contribution is 2.64. The first-order valence-electron chi connectivity index (χ1n) is 12.9. The van der Waals surface area contributed by atoms with Gasteiger partial charge in [0.25, 0.3) is 11.8 Å². The lowest BCUT2D eigenvalue weighted by Gasteiger charge is -2.49. The first-order valence-corrected chi connectivity index (χ1v) is 14.7. The van der Waals surface area contributed by atoms with Crippen molar-refractivity contribution in [2.75, 3.05) is 5.45 Å². The molecule has 1 N–H and O–H groups in total. The number of allylic oxidation sites excluding steroid dienone is 2. The van der Waals surface area contributed by atoms with Gasteiger partial charge in [0.15, 0.2) is 9.75 Å². The summed E-state index contributed by atoms with van der Waals surface area (Å²) in [6.07, 6.45) is 1.60. The van der Waals surface area contributed by atoms with Gasteiger partial charge in [0.1, 0.15) is 5.75 Å². The van der Waals surface area contributed by atoms with Crippen LogP contribution in [0.15, 0.2) is 88.0 Å². The lowest BCUT2D eigenvalue weighted by molar-refractivity contribution is -0.138. The van der Waals surface area contributed by atoms with Gasteiger partial charge in [-0.05, 0) is 34.7 Å². The number of nitrogens with zero attached hydrogens (tertiary/aromatic N) is 4. The van der Waals surface area contributed by atoms with Gasteiger partial charge in [-0.2, -0.15) is 0 Å². The number of carbonyl (C=O) groups is 2. The van der Waals surface area contributed by atoms with Crippen molar-refractivity contribution in [3.8, 4) is 11.4 Å². The van der Waals surface area contributed by atoms with E-state index in [4.69, 9.17) is 23.2 Å². The second-order valence-electron chi connectivity index (χ2n) is 10.4. The van der Waals surface area contributed by atoms with Crippen LogP contribution in [-0.4, -0.2) is 51.0 Å². The molecule has 41 heavy (non-hydrogen) atoms. The molecule has 0 bridgehead atoms. The molecule has 2 amide bonds. The van der Waals surface area contributed by atoms with Gasteiger partial charge in [0.2, 0.25) is 0 Å². The fraction of sp³-hybridized carbons (Fsp3) is 0.241. The van der Waals surface area contributed by atoms with E-state index in [1.54, 1.807) is 66.7 Å². The van der Waals surface area contributed by atoms with Gasteiger partial charge in [0, 0.05) is 17.7 Å². The van der Waals surface area contributed by atoms with E-state index in [9.17, 15) is 24.3 Å². The molecule has 1 saturated heterocycles. The fourth-order valence-electron chi connectivity index (χ4n) is 6.72. The number of benzene rings is 3. The van der Waals surface area contributed by atoms with Gasteiger partial charge in [-0.15, -0.1) is 23.2 Å². The normalized spacial score (nSPS) is 27.0. The Bertz CT molecular complexity index is 1950. The Hall–Kier alpha value is -3.60. The van der Waals surface area contributed by atoms with Gasteiger partial charge < -0.3 is 5.11 Å². The quantitative estimate of drug-likeness (QED) is 0.155. The predicted octanol–water partition coefficient (Wildman–Crippen LogP) is 4.00. The number of hydrogen-bond donors (Lipinski definition) is 1. The number of phenols is 1. The number of rotatable bonds is 3. The molecule has 4 unspecified atom stereocenters. The van der Waals surface area contributed by atoms with E-state index in [-0.39, 0.29) is 24.2 Å². The first-order chi connectivity index (χ1) is 19.6. The van der Waals surface area contributed by atoms with Gasteiger partial charge >= 0.3 is 11.4 Å². The minimum Gasteiger partial charge on any atom is -0.507 e. The zero-order chi connectivity index (χ0) is 28.8. The van der Waals surface area contributed by atoms with Crippen molar-refractivity contribution in [3.05, 3.63) is 105 Å². The van der Waals surface area contributed by atoms with Crippen molar-refractivity contribution in [1.29, 1.82) is 0 Å². The van der Waals surface area contributed by atoms with Crippen LogP contribution in [0.25, 0.3) is 16.5 Å². The highest BCUT2D eigenvalue weighted by atomic mass is 79.9. The number of aromatic nitrogens is 3. The highest BCUT2D eigenvalue weighted by molar-refractivity contribution is 9.09. The SMILES string of the molecule is O=C1N(CBr)C(=O)C2(Cl)C(c3ccc(O)c4ccccc34)C3=CCn4c(=O)n(-c5ccccc5)c(=O)n4C3CC12Cl. The predicted molar refractivity (Wildman–Crippen MR) is 157 cm³/mol. The topological polar surface area (TPSA) is 107 Å². The molecular weight excluding hydrogens is 635 g/mol. The maximum absolute atomic E-state index is 14.0. The van der Waals surface area contributed by atoms with Gasteiger partial charge in [-0.1, -0.05) is 70.5 Å². The van der Waals surface area contributed by atoms with Crippen molar-refractivity contribution >= 4 is 61.7 Å². The molecule has 1 aliphatic carbocycles. The van der Waals surface area contributed by atoms with Crippen LogP contribution >= 0.6 is 39.1 Å². The molecule has 12 heteroatoms. The van der Waals surface area contributed by atoms with E-state index < -0.39 is 44.9 Å². The van der Waals surface area contributed by atoms with Crippen LogP contribution in [0.1, 0.15) is 23.9 Å². The van der Waals surface area contributed by atoms with E-state index in [1.165, 1.54) is 15.4 Å². The smallest absolute Gasteiger partial charge is 0.352 e. The lowest BCUT2D eigenvalue weighted by atomic mass is 9.63. The summed E-state index contributed by atoms with van der Waals surface area (Å²) < 4.78 is 3.73. The molecule has 2 aliphatic heterocycles. The van der Waals surface area contributed by atoms with Crippen LogP contribution < -0.4 is 11.4 Å². The molecule has 4 aromatic rings. The summed E-state index contributed by atoms with van der Waals surface area (Å²) in [6, 6.07) is 18.0. The third-order valence-corrected chi connectivity index (χ3v) is 10.5. The average Bonchev–Trinajstić information content (AvgIpc) is 3.32. The van der Waals surface area contributed by atoms with Crippen molar-refractivity contribution in [2.24, 2.45) is 0 Å².